The molecule has 0 aliphatic carbocycles. The van der Waals surface area contributed by atoms with E-state index in [0.717, 1.165) is 6.61 Å². The number of methoxy groups -OCH3 is 1. The standard InChI is InChI=1S/C8H14O3/c1-5-3-10-8-6(9-2)4-11-7(5)8/h5-8H,3-4H2,1-2H3/t5?,6?,7?,8-/m1/s1. The zero-order valence-electron chi connectivity index (χ0n) is 6.95. The minimum absolute atomic E-state index is 0.157. The molecule has 64 valence electrons. The Balaban J connectivity index is 2.04. The van der Waals surface area contributed by atoms with Crippen LogP contribution in [0.1, 0.15) is 6.92 Å². The van der Waals surface area contributed by atoms with Gasteiger partial charge in [0.15, 0.2) is 0 Å². The van der Waals surface area contributed by atoms with Gasteiger partial charge in [-0.25, -0.2) is 0 Å². The van der Waals surface area contributed by atoms with Gasteiger partial charge in [0, 0.05) is 13.0 Å². The first-order valence-corrected chi connectivity index (χ1v) is 4.09. The lowest BCUT2D eigenvalue weighted by Crippen LogP contribution is -2.29. The molecule has 3 nitrogen and oxygen atoms in total. The maximum Gasteiger partial charge on any atom is 0.112 e. The van der Waals surface area contributed by atoms with Gasteiger partial charge in [0.25, 0.3) is 0 Å². The highest BCUT2D eigenvalue weighted by Gasteiger charge is 2.45. The summed E-state index contributed by atoms with van der Waals surface area (Å²) in [6.45, 7) is 3.66. The molecule has 3 unspecified atom stereocenters. The van der Waals surface area contributed by atoms with E-state index in [1.54, 1.807) is 7.11 Å². The Morgan fingerprint density at radius 3 is 2.64 bits per heavy atom. The Labute approximate surface area is 66.6 Å². The molecular weight excluding hydrogens is 144 g/mol. The van der Waals surface area contributed by atoms with Gasteiger partial charge >= 0.3 is 0 Å². The third kappa shape index (κ3) is 1.08. The Hall–Kier alpha value is -0.120. The largest absolute Gasteiger partial charge is 0.376 e. The summed E-state index contributed by atoms with van der Waals surface area (Å²) >= 11 is 0. The lowest BCUT2D eigenvalue weighted by Gasteiger charge is -2.13. The Kier molecular flexibility index (Phi) is 1.87. The van der Waals surface area contributed by atoms with E-state index in [2.05, 4.69) is 6.92 Å². The fourth-order valence-corrected chi connectivity index (χ4v) is 1.86. The highest BCUT2D eigenvalue weighted by Crippen LogP contribution is 2.31. The van der Waals surface area contributed by atoms with E-state index in [4.69, 9.17) is 14.2 Å². The van der Waals surface area contributed by atoms with Crippen molar-refractivity contribution >= 4 is 0 Å². The highest BCUT2D eigenvalue weighted by atomic mass is 16.6. The molecule has 4 atom stereocenters. The van der Waals surface area contributed by atoms with Crippen LogP contribution in [-0.2, 0) is 14.2 Å². The maximum atomic E-state index is 5.54. The molecule has 0 saturated carbocycles. The third-order valence-electron chi connectivity index (χ3n) is 2.56. The summed E-state index contributed by atoms with van der Waals surface area (Å²) in [4.78, 5) is 0. The van der Waals surface area contributed by atoms with E-state index < -0.39 is 0 Å². The van der Waals surface area contributed by atoms with Crippen LogP contribution >= 0.6 is 0 Å². The molecule has 2 heterocycles. The summed E-state index contributed by atoms with van der Waals surface area (Å²) in [7, 11) is 1.71. The van der Waals surface area contributed by atoms with Crippen molar-refractivity contribution in [1.29, 1.82) is 0 Å². The van der Waals surface area contributed by atoms with Crippen LogP contribution in [0.3, 0.4) is 0 Å². The number of rotatable bonds is 1. The van der Waals surface area contributed by atoms with Crippen molar-refractivity contribution in [2.45, 2.75) is 25.2 Å². The van der Waals surface area contributed by atoms with E-state index in [0.29, 0.717) is 12.5 Å². The zero-order valence-corrected chi connectivity index (χ0v) is 6.95. The topological polar surface area (TPSA) is 27.7 Å². The van der Waals surface area contributed by atoms with E-state index in [1.807, 2.05) is 0 Å². The molecule has 0 aromatic rings. The van der Waals surface area contributed by atoms with Gasteiger partial charge in [0.05, 0.1) is 19.3 Å². The summed E-state index contributed by atoms with van der Waals surface area (Å²) in [5.41, 5.74) is 0. The van der Waals surface area contributed by atoms with E-state index in [-0.39, 0.29) is 18.3 Å². The van der Waals surface area contributed by atoms with Crippen molar-refractivity contribution in [2.24, 2.45) is 5.92 Å². The normalized spacial score (nSPS) is 49.6. The first-order chi connectivity index (χ1) is 5.33. The first kappa shape index (κ1) is 7.53. The van der Waals surface area contributed by atoms with Crippen molar-refractivity contribution in [1.82, 2.24) is 0 Å². The van der Waals surface area contributed by atoms with Crippen LogP contribution in [0.5, 0.6) is 0 Å². The molecule has 2 saturated heterocycles. The predicted octanol–water partition coefficient (Wildman–Crippen LogP) is 0.435. The predicted molar refractivity (Wildman–Crippen MR) is 39.4 cm³/mol. The van der Waals surface area contributed by atoms with Gasteiger partial charge in [0.1, 0.15) is 12.2 Å². The Morgan fingerprint density at radius 1 is 1.18 bits per heavy atom. The second-order valence-electron chi connectivity index (χ2n) is 3.35. The summed E-state index contributed by atoms with van der Waals surface area (Å²) < 4.78 is 16.3. The molecule has 0 spiro atoms. The molecule has 3 heteroatoms. The van der Waals surface area contributed by atoms with Crippen molar-refractivity contribution in [3.8, 4) is 0 Å². The molecule has 11 heavy (non-hydrogen) atoms. The minimum atomic E-state index is 0.157. The molecule has 0 amide bonds. The van der Waals surface area contributed by atoms with Gasteiger partial charge in [-0.1, -0.05) is 6.92 Å². The van der Waals surface area contributed by atoms with Crippen molar-refractivity contribution in [2.75, 3.05) is 20.3 Å². The summed E-state index contributed by atoms with van der Waals surface area (Å²) in [5, 5.41) is 0. The number of hydrogen-bond acceptors (Lipinski definition) is 3. The first-order valence-electron chi connectivity index (χ1n) is 4.09. The van der Waals surface area contributed by atoms with Gasteiger partial charge < -0.3 is 14.2 Å². The minimum Gasteiger partial charge on any atom is -0.376 e. The molecule has 2 aliphatic rings. The van der Waals surface area contributed by atoms with E-state index >= 15 is 0 Å². The number of ether oxygens (including phenoxy) is 3. The number of fused-ring (bicyclic) bond motifs is 1. The lowest BCUT2D eigenvalue weighted by molar-refractivity contribution is -0.00878. The van der Waals surface area contributed by atoms with Crippen molar-refractivity contribution in [3.05, 3.63) is 0 Å². The van der Waals surface area contributed by atoms with Gasteiger partial charge in [0.2, 0.25) is 0 Å². The van der Waals surface area contributed by atoms with Gasteiger partial charge in [-0.05, 0) is 0 Å². The quantitative estimate of drug-likeness (QED) is 0.554. The van der Waals surface area contributed by atoms with Crippen LogP contribution < -0.4 is 0 Å². The van der Waals surface area contributed by atoms with Crippen LogP contribution in [0, 0.1) is 5.92 Å². The maximum absolute atomic E-state index is 5.54. The van der Waals surface area contributed by atoms with Crippen LogP contribution in [0.4, 0.5) is 0 Å². The summed E-state index contributed by atoms with van der Waals surface area (Å²) in [5.74, 6) is 0.528. The van der Waals surface area contributed by atoms with Crippen molar-refractivity contribution < 1.29 is 14.2 Å². The average Bonchev–Trinajstić information content (AvgIpc) is 2.53. The molecule has 0 radical (unpaired) electrons. The molecule has 0 bridgehead atoms. The van der Waals surface area contributed by atoms with Crippen LogP contribution in [0.25, 0.3) is 0 Å². The monoisotopic (exact) mass is 158 g/mol. The summed E-state index contributed by atoms with van der Waals surface area (Å²) in [6.07, 6.45) is 0.625. The second-order valence-corrected chi connectivity index (χ2v) is 3.35. The lowest BCUT2D eigenvalue weighted by atomic mass is 10.0. The molecular formula is C8H14O3. The van der Waals surface area contributed by atoms with Crippen LogP contribution in [-0.4, -0.2) is 38.6 Å². The molecule has 0 N–H and O–H groups in total. The van der Waals surface area contributed by atoms with E-state index in [1.165, 1.54) is 0 Å². The fraction of sp³-hybridized carbons (Fsp3) is 1.00. The van der Waals surface area contributed by atoms with E-state index in [9.17, 15) is 0 Å². The molecule has 0 aromatic carbocycles. The SMILES string of the molecule is COC1COC2C(C)CO[C@H]12. The zero-order chi connectivity index (χ0) is 7.84. The Morgan fingerprint density at radius 2 is 1.91 bits per heavy atom. The van der Waals surface area contributed by atoms with Crippen molar-refractivity contribution in [3.63, 3.8) is 0 Å². The molecule has 0 aromatic heterocycles. The van der Waals surface area contributed by atoms with Gasteiger partial charge in [-0.15, -0.1) is 0 Å². The molecule has 2 rings (SSSR count). The summed E-state index contributed by atoms with van der Waals surface area (Å²) in [6, 6.07) is 0. The van der Waals surface area contributed by atoms with Crippen LogP contribution in [0.2, 0.25) is 0 Å². The second kappa shape index (κ2) is 2.73. The molecule has 2 fully saturated rings. The number of hydrogen-bond donors (Lipinski definition) is 0. The fourth-order valence-electron chi connectivity index (χ4n) is 1.86. The smallest absolute Gasteiger partial charge is 0.112 e. The Bertz CT molecular complexity index is 148. The third-order valence-corrected chi connectivity index (χ3v) is 2.56. The average molecular weight is 158 g/mol. The van der Waals surface area contributed by atoms with Crippen LogP contribution in [0.15, 0.2) is 0 Å². The molecule has 2 aliphatic heterocycles. The highest BCUT2D eigenvalue weighted by molar-refractivity contribution is 4.92. The van der Waals surface area contributed by atoms with Gasteiger partial charge in [-0.3, -0.25) is 0 Å². The van der Waals surface area contributed by atoms with Gasteiger partial charge in [-0.2, -0.15) is 0 Å².